The highest BCUT2D eigenvalue weighted by molar-refractivity contribution is 5.94. The molecule has 0 bridgehead atoms. The first-order chi connectivity index (χ1) is 12.1. The molecule has 5 nitrogen and oxygen atoms in total. The van der Waals surface area contributed by atoms with Crippen LogP contribution >= 0.6 is 0 Å². The van der Waals surface area contributed by atoms with E-state index in [0.29, 0.717) is 24.6 Å². The number of carbonyl (C=O) groups excluding carboxylic acids is 1. The van der Waals surface area contributed by atoms with Crippen molar-refractivity contribution < 1.29 is 4.79 Å². The van der Waals surface area contributed by atoms with Gasteiger partial charge in [-0.05, 0) is 49.8 Å². The maximum Gasteiger partial charge on any atom is 0.255 e. The van der Waals surface area contributed by atoms with Crippen LogP contribution in [0.4, 0.5) is 0 Å². The Bertz CT molecular complexity index is 850. The number of carbonyl (C=O) groups is 1. The SMILES string of the molecule is Cc1ccc(C(=O)N2CCc3ccc(=O)n(CC4CC4)c3CC2)cn1. The van der Waals surface area contributed by atoms with Gasteiger partial charge in [0, 0.05) is 49.7 Å². The molecule has 1 saturated carbocycles. The molecule has 0 unspecified atom stereocenters. The normalized spacial score (nSPS) is 17.1. The number of hydrogen-bond donors (Lipinski definition) is 0. The molecular formula is C20H23N3O2. The van der Waals surface area contributed by atoms with Gasteiger partial charge in [-0.3, -0.25) is 14.6 Å². The van der Waals surface area contributed by atoms with E-state index >= 15 is 0 Å². The van der Waals surface area contributed by atoms with Crippen molar-refractivity contribution in [3.63, 3.8) is 0 Å². The lowest BCUT2D eigenvalue weighted by Gasteiger charge is -2.20. The molecule has 0 N–H and O–H groups in total. The van der Waals surface area contributed by atoms with Crippen LogP contribution in [0.1, 0.15) is 40.2 Å². The monoisotopic (exact) mass is 337 g/mol. The molecule has 2 aromatic rings. The van der Waals surface area contributed by atoms with Gasteiger partial charge in [0.15, 0.2) is 0 Å². The maximum absolute atomic E-state index is 12.8. The van der Waals surface area contributed by atoms with Crippen molar-refractivity contribution in [3.8, 4) is 0 Å². The molecule has 1 aliphatic carbocycles. The van der Waals surface area contributed by atoms with Gasteiger partial charge >= 0.3 is 0 Å². The van der Waals surface area contributed by atoms with E-state index in [1.165, 1.54) is 18.4 Å². The van der Waals surface area contributed by atoms with Crippen LogP contribution in [-0.4, -0.2) is 33.4 Å². The van der Waals surface area contributed by atoms with E-state index in [-0.39, 0.29) is 11.5 Å². The average molecular weight is 337 g/mol. The summed E-state index contributed by atoms with van der Waals surface area (Å²) in [5.41, 5.74) is 3.96. The zero-order chi connectivity index (χ0) is 17.4. The standard InChI is InChI=1S/C20H23N3O2/c1-14-2-5-17(12-21-14)20(25)22-10-8-16-6-7-19(24)23(13-15-3-4-15)18(16)9-11-22/h2,5-7,12,15H,3-4,8-11,13H2,1H3. The fraction of sp³-hybridized carbons (Fsp3) is 0.450. The summed E-state index contributed by atoms with van der Waals surface area (Å²) in [5, 5.41) is 0. The predicted octanol–water partition coefficient (Wildman–Crippen LogP) is 2.20. The van der Waals surface area contributed by atoms with Gasteiger partial charge < -0.3 is 9.47 Å². The first-order valence-electron chi connectivity index (χ1n) is 9.05. The summed E-state index contributed by atoms with van der Waals surface area (Å²) in [7, 11) is 0. The Balaban J connectivity index is 1.56. The quantitative estimate of drug-likeness (QED) is 0.863. The lowest BCUT2D eigenvalue weighted by Crippen LogP contribution is -2.33. The summed E-state index contributed by atoms with van der Waals surface area (Å²) in [6.07, 6.45) is 5.63. The van der Waals surface area contributed by atoms with Gasteiger partial charge in [-0.25, -0.2) is 0 Å². The van der Waals surface area contributed by atoms with Crippen LogP contribution in [0.25, 0.3) is 0 Å². The molecule has 0 aromatic carbocycles. The zero-order valence-corrected chi connectivity index (χ0v) is 14.6. The largest absolute Gasteiger partial charge is 0.338 e. The minimum atomic E-state index is 0.0244. The highest BCUT2D eigenvalue weighted by Gasteiger charge is 2.26. The van der Waals surface area contributed by atoms with Crippen molar-refractivity contribution in [2.24, 2.45) is 5.92 Å². The second-order valence-electron chi connectivity index (χ2n) is 7.18. The highest BCUT2D eigenvalue weighted by Crippen LogP contribution is 2.31. The molecule has 1 aliphatic heterocycles. The van der Waals surface area contributed by atoms with Crippen LogP contribution in [0.2, 0.25) is 0 Å². The van der Waals surface area contributed by atoms with Gasteiger partial charge in [-0.15, -0.1) is 0 Å². The number of nitrogens with zero attached hydrogens (tertiary/aromatic N) is 3. The summed E-state index contributed by atoms with van der Waals surface area (Å²) >= 11 is 0. The number of rotatable bonds is 3. The van der Waals surface area contributed by atoms with Gasteiger partial charge in [-0.2, -0.15) is 0 Å². The second kappa shape index (κ2) is 6.47. The number of hydrogen-bond acceptors (Lipinski definition) is 3. The number of aromatic nitrogens is 2. The Hall–Kier alpha value is -2.43. The average Bonchev–Trinajstić information content (AvgIpc) is 3.44. The molecular weight excluding hydrogens is 314 g/mol. The molecule has 25 heavy (non-hydrogen) atoms. The Morgan fingerprint density at radius 3 is 2.68 bits per heavy atom. The number of pyridine rings is 2. The summed E-state index contributed by atoms with van der Waals surface area (Å²) in [5.74, 6) is 0.681. The molecule has 2 aromatic heterocycles. The topological polar surface area (TPSA) is 55.2 Å². The molecule has 0 atom stereocenters. The van der Waals surface area contributed by atoms with Crippen LogP contribution in [-0.2, 0) is 19.4 Å². The predicted molar refractivity (Wildman–Crippen MR) is 95.7 cm³/mol. The van der Waals surface area contributed by atoms with Crippen LogP contribution in [0, 0.1) is 12.8 Å². The van der Waals surface area contributed by atoms with E-state index in [2.05, 4.69) is 4.98 Å². The molecule has 4 rings (SSSR count). The molecule has 5 heteroatoms. The first-order valence-corrected chi connectivity index (χ1v) is 9.05. The van der Waals surface area contributed by atoms with Crippen molar-refractivity contribution in [2.75, 3.05) is 13.1 Å². The first kappa shape index (κ1) is 16.1. The molecule has 3 heterocycles. The third-order valence-electron chi connectivity index (χ3n) is 5.24. The molecule has 1 fully saturated rings. The Kier molecular flexibility index (Phi) is 4.15. The van der Waals surface area contributed by atoms with Crippen LogP contribution in [0.3, 0.4) is 0 Å². The van der Waals surface area contributed by atoms with Crippen LogP contribution in [0.15, 0.2) is 35.3 Å². The lowest BCUT2D eigenvalue weighted by atomic mass is 10.1. The van der Waals surface area contributed by atoms with Crippen molar-refractivity contribution in [1.82, 2.24) is 14.5 Å². The maximum atomic E-state index is 12.8. The summed E-state index contributed by atoms with van der Waals surface area (Å²) in [6, 6.07) is 7.34. The van der Waals surface area contributed by atoms with Crippen molar-refractivity contribution in [1.29, 1.82) is 0 Å². The molecule has 0 radical (unpaired) electrons. The molecule has 1 amide bonds. The van der Waals surface area contributed by atoms with Crippen molar-refractivity contribution in [3.05, 3.63) is 63.3 Å². The minimum Gasteiger partial charge on any atom is -0.338 e. The molecule has 2 aliphatic rings. The Morgan fingerprint density at radius 2 is 1.96 bits per heavy atom. The van der Waals surface area contributed by atoms with E-state index in [1.54, 1.807) is 12.3 Å². The van der Waals surface area contributed by atoms with E-state index in [9.17, 15) is 9.59 Å². The Morgan fingerprint density at radius 1 is 1.16 bits per heavy atom. The second-order valence-corrected chi connectivity index (χ2v) is 7.18. The zero-order valence-electron chi connectivity index (χ0n) is 14.6. The van der Waals surface area contributed by atoms with Gasteiger partial charge in [-0.1, -0.05) is 6.07 Å². The van der Waals surface area contributed by atoms with E-state index in [4.69, 9.17) is 0 Å². The van der Waals surface area contributed by atoms with Gasteiger partial charge in [0.2, 0.25) is 0 Å². The number of aryl methyl sites for hydroxylation is 1. The fourth-order valence-corrected chi connectivity index (χ4v) is 3.53. The van der Waals surface area contributed by atoms with Crippen molar-refractivity contribution in [2.45, 2.75) is 39.2 Å². The minimum absolute atomic E-state index is 0.0244. The lowest BCUT2D eigenvalue weighted by molar-refractivity contribution is 0.0762. The van der Waals surface area contributed by atoms with Gasteiger partial charge in [0.25, 0.3) is 11.5 Å². The highest BCUT2D eigenvalue weighted by atomic mass is 16.2. The number of amides is 1. The van der Waals surface area contributed by atoms with Gasteiger partial charge in [0.1, 0.15) is 0 Å². The molecule has 130 valence electrons. The van der Waals surface area contributed by atoms with Crippen LogP contribution in [0.5, 0.6) is 0 Å². The summed E-state index contributed by atoms with van der Waals surface area (Å²) in [4.78, 5) is 31.2. The molecule has 0 saturated heterocycles. The van der Waals surface area contributed by atoms with Crippen LogP contribution < -0.4 is 5.56 Å². The third kappa shape index (κ3) is 3.36. The Labute approximate surface area is 147 Å². The van der Waals surface area contributed by atoms with Gasteiger partial charge in [0.05, 0.1) is 5.56 Å². The van der Waals surface area contributed by atoms with E-state index in [1.807, 2.05) is 34.6 Å². The third-order valence-corrected chi connectivity index (χ3v) is 5.24. The number of fused-ring (bicyclic) bond motifs is 1. The summed E-state index contributed by atoms with van der Waals surface area (Å²) < 4.78 is 1.95. The summed E-state index contributed by atoms with van der Waals surface area (Å²) in [6.45, 7) is 4.07. The van der Waals surface area contributed by atoms with Crippen molar-refractivity contribution >= 4 is 5.91 Å². The fourth-order valence-electron chi connectivity index (χ4n) is 3.53. The van der Waals surface area contributed by atoms with E-state index < -0.39 is 0 Å². The smallest absolute Gasteiger partial charge is 0.255 e. The molecule has 0 spiro atoms. The van der Waals surface area contributed by atoms with E-state index in [0.717, 1.165) is 30.8 Å².